The second-order valence-corrected chi connectivity index (χ2v) is 4.15. The molecule has 0 spiro atoms. The van der Waals surface area contributed by atoms with E-state index in [0.717, 1.165) is 35.9 Å². The number of nitrogens with two attached hydrogens (primary N) is 1. The van der Waals surface area contributed by atoms with E-state index in [4.69, 9.17) is 15.2 Å². The van der Waals surface area contributed by atoms with E-state index in [9.17, 15) is 0 Å². The van der Waals surface area contributed by atoms with Crippen molar-refractivity contribution >= 4 is 0 Å². The maximum atomic E-state index is 5.56. The predicted molar refractivity (Wildman–Crippen MR) is 74.4 cm³/mol. The Morgan fingerprint density at radius 3 is 2.79 bits per heavy atom. The summed E-state index contributed by atoms with van der Waals surface area (Å²) in [5.74, 6) is 2.43. The molecule has 102 valence electrons. The first-order valence-electron chi connectivity index (χ1n) is 6.23. The van der Waals surface area contributed by atoms with Gasteiger partial charge in [-0.1, -0.05) is 0 Å². The maximum Gasteiger partial charge on any atom is 0.143 e. The fourth-order valence-corrected chi connectivity index (χ4v) is 1.98. The third-order valence-corrected chi connectivity index (χ3v) is 2.97. The van der Waals surface area contributed by atoms with Gasteiger partial charge in [0.2, 0.25) is 0 Å². The molecule has 19 heavy (non-hydrogen) atoms. The van der Waals surface area contributed by atoms with Crippen LogP contribution in [0, 0.1) is 0 Å². The Balaban J connectivity index is 2.42. The molecule has 1 heterocycles. The van der Waals surface area contributed by atoms with Crippen LogP contribution < -0.4 is 15.2 Å². The summed E-state index contributed by atoms with van der Waals surface area (Å²) < 4.78 is 12.7. The van der Waals surface area contributed by atoms with Gasteiger partial charge in [0.25, 0.3) is 0 Å². The second-order valence-electron chi connectivity index (χ2n) is 4.15. The smallest absolute Gasteiger partial charge is 0.143 e. The number of aryl methyl sites for hydroxylation is 1. The summed E-state index contributed by atoms with van der Waals surface area (Å²) in [6.07, 6.45) is 4.64. The van der Waals surface area contributed by atoms with Crippen molar-refractivity contribution in [1.29, 1.82) is 0 Å². The van der Waals surface area contributed by atoms with E-state index in [0.29, 0.717) is 6.54 Å². The molecule has 2 aromatic rings. The lowest BCUT2D eigenvalue weighted by atomic mass is 10.1. The molecule has 0 radical (unpaired) electrons. The molecule has 0 aliphatic heterocycles. The average Bonchev–Trinajstić information content (AvgIpc) is 2.92. The lowest BCUT2D eigenvalue weighted by Crippen LogP contribution is -2.06. The zero-order valence-corrected chi connectivity index (χ0v) is 11.3. The van der Waals surface area contributed by atoms with Crippen LogP contribution >= 0.6 is 0 Å². The monoisotopic (exact) mass is 261 g/mol. The number of nitrogens with zero attached hydrogens (tertiary/aromatic N) is 2. The van der Waals surface area contributed by atoms with Gasteiger partial charge in [0.1, 0.15) is 17.3 Å². The molecule has 5 nitrogen and oxygen atoms in total. The summed E-state index contributed by atoms with van der Waals surface area (Å²) in [5, 5.41) is 0. The number of hydrogen-bond acceptors (Lipinski definition) is 4. The normalized spacial score (nSPS) is 10.5. The van der Waals surface area contributed by atoms with E-state index in [2.05, 4.69) is 9.55 Å². The van der Waals surface area contributed by atoms with Crippen molar-refractivity contribution < 1.29 is 9.47 Å². The van der Waals surface area contributed by atoms with E-state index in [1.807, 2.05) is 24.4 Å². The highest BCUT2D eigenvalue weighted by Gasteiger charge is 2.12. The quantitative estimate of drug-likeness (QED) is 0.863. The van der Waals surface area contributed by atoms with Crippen LogP contribution in [-0.2, 0) is 6.54 Å². The van der Waals surface area contributed by atoms with Gasteiger partial charge in [-0.2, -0.15) is 0 Å². The molecule has 0 aliphatic rings. The summed E-state index contributed by atoms with van der Waals surface area (Å²) in [6.45, 7) is 1.50. The molecule has 2 N–H and O–H groups in total. The molecule has 0 amide bonds. The molecule has 0 atom stereocenters. The van der Waals surface area contributed by atoms with Gasteiger partial charge in [0.05, 0.1) is 19.8 Å². The minimum Gasteiger partial charge on any atom is -0.497 e. The molecule has 1 aromatic carbocycles. The summed E-state index contributed by atoms with van der Waals surface area (Å²) in [6, 6.07) is 5.69. The number of hydrogen-bond donors (Lipinski definition) is 1. The van der Waals surface area contributed by atoms with Gasteiger partial charge in [-0.3, -0.25) is 0 Å². The standard InChI is InChI=1S/C14H19N3O2/c1-18-11-4-5-13(19-2)12(10-11)14-16-7-9-17(14)8-3-6-15/h4-5,7,9-10H,3,6,8,15H2,1-2H3. The fourth-order valence-electron chi connectivity index (χ4n) is 1.98. The van der Waals surface area contributed by atoms with Crippen LogP contribution in [0.5, 0.6) is 11.5 Å². The van der Waals surface area contributed by atoms with Crippen LogP contribution in [0.25, 0.3) is 11.4 Å². The molecular weight excluding hydrogens is 242 g/mol. The van der Waals surface area contributed by atoms with Gasteiger partial charge >= 0.3 is 0 Å². The molecule has 0 bridgehead atoms. The first kappa shape index (κ1) is 13.4. The van der Waals surface area contributed by atoms with Crippen molar-refractivity contribution in [2.24, 2.45) is 5.73 Å². The molecule has 2 rings (SSSR count). The zero-order valence-electron chi connectivity index (χ0n) is 11.3. The second kappa shape index (κ2) is 6.24. The number of aromatic nitrogens is 2. The Morgan fingerprint density at radius 2 is 2.11 bits per heavy atom. The lowest BCUT2D eigenvalue weighted by molar-refractivity contribution is 0.404. The van der Waals surface area contributed by atoms with E-state index in [1.165, 1.54) is 0 Å². The summed E-state index contributed by atoms with van der Waals surface area (Å²) >= 11 is 0. The summed E-state index contributed by atoms with van der Waals surface area (Å²) in [5.41, 5.74) is 6.48. The van der Waals surface area contributed by atoms with Crippen LogP contribution in [0.3, 0.4) is 0 Å². The summed E-state index contributed by atoms with van der Waals surface area (Å²) in [7, 11) is 3.30. The SMILES string of the molecule is COc1ccc(OC)c(-c2nccn2CCCN)c1. The molecular formula is C14H19N3O2. The van der Waals surface area contributed by atoms with Crippen molar-refractivity contribution in [2.45, 2.75) is 13.0 Å². The van der Waals surface area contributed by atoms with Gasteiger partial charge in [-0.15, -0.1) is 0 Å². The fraction of sp³-hybridized carbons (Fsp3) is 0.357. The van der Waals surface area contributed by atoms with E-state index in [-0.39, 0.29) is 0 Å². The van der Waals surface area contributed by atoms with Crippen molar-refractivity contribution in [3.63, 3.8) is 0 Å². The van der Waals surface area contributed by atoms with E-state index < -0.39 is 0 Å². The third-order valence-electron chi connectivity index (χ3n) is 2.97. The number of ether oxygens (including phenoxy) is 2. The largest absolute Gasteiger partial charge is 0.497 e. The minimum atomic E-state index is 0.660. The van der Waals surface area contributed by atoms with Crippen LogP contribution in [0.15, 0.2) is 30.6 Å². The van der Waals surface area contributed by atoms with Gasteiger partial charge < -0.3 is 19.8 Å². The molecule has 0 saturated heterocycles. The lowest BCUT2D eigenvalue weighted by Gasteiger charge is -2.12. The molecule has 0 fully saturated rings. The highest BCUT2D eigenvalue weighted by Crippen LogP contribution is 2.32. The zero-order chi connectivity index (χ0) is 13.7. The number of rotatable bonds is 6. The molecule has 0 aliphatic carbocycles. The molecule has 0 unspecified atom stereocenters. The Hall–Kier alpha value is -2.01. The Labute approximate surface area is 113 Å². The van der Waals surface area contributed by atoms with Crippen LogP contribution in [-0.4, -0.2) is 30.3 Å². The van der Waals surface area contributed by atoms with Crippen molar-refractivity contribution in [3.05, 3.63) is 30.6 Å². The van der Waals surface area contributed by atoms with Crippen molar-refractivity contribution in [2.75, 3.05) is 20.8 Å². The Bertz CT molecular complexity index is 537. The Kier molecular flexibility index (Phi) is 4.41. The Morgan fingerprint density at radius 1 is 1.26 bits per heavy atom. The van der Waals surface area contributed by atoms with Gasteiger partial charge in [0, 0.05) is 18.9 Å². The summed E-state index contributed by atoms with van der Waals surface area (Å²) in [4.78, 5) is 4.41. The van der Waals surface area contributed by atoms with E-state index in [1.54, 1.807) is 20.4 Å². The minimum absolute atomic E-state index is 0.660. The molecule has 1 aromatic heterocycles. The third kappa shape index (κ3) is 2.88. The van der Waals surface area contributed by atoms with Gasteiger partial charge in [0.15, 0.2) is 0 Å². The van der Waals surface area contributed by atoms with Crippen LogP contribution in [0.4, 0.5) is 0 Å². The van der Waals surface area contributed by atoms with Crippen LogP contribution in [0.2, 0.25) is 0 Å². The molecule has 5 heteroatoms. The highest BCUT2D eigenvalue weighted by molar-refractivity contribution is 5.66. The van der Waals surface area contributed by atoms with Crippen molar-refractivity contribution in [3.8, 4) is 22.9 Å². The van der Waals surface area contributed by atoms with Gasteiger partial charge in [-0.05, 0) is 31.2 Å². The first-order chi connectivity index (χ1) is 9.30. The molecule has 0 saturated carbocycles. The predicted octanol–water partition coefficient (Wildman–Crippen LogP) is 1.92. The van der Waals surface area contributed by atoms with Crippen LogP contribution in [0.1, 0.15) is 6.42 Å². The van der Waals surface area contributed by atoms with Gasteiger partial charge in [-0.25, -0.2) is 4.98 Å². The van der Waals surface area contributed by atoms with E-state index >= 15 is 0 Å². The highest BCUT2D eigenvalue weighted by atomic mass is 16.5. The number of imidazole rings is 1. The number of benzene rings is 1. The number of methoxy groups -OCH3 is 2. The van der Waals surface area contributed by atoms with Crippen molar-refractivity contribution in [1.82, 2.24) is 9.55 Å². The average molecular weight is 261 g/mol. The topological polar surface area (TPSA) is 62.3 Å². The first-order valence-corrected chi connectivity index (χ1v) is 6.23. The maximum absolute atomic E-state index is 5.56.